The summed E-state index contributed by atoms with van der Waals surface area (Å²) in [4.78, 5) is 15.2. The number of esters is 1. The quantitative estimate of drug-likeness (QED) is 0.475. The second kappa shape index (κ2) is 8.40. The number of hydrogen-bond acceptors (Lipinski definition) is 4. The van der Waals surface area contributed by atoms with Crippen LogP contribution in [0.3, 0.4) is 0 Å². The fourth-order valence-electron chi connectivity index (χ4n) is 2.71. The molecule has 22 heavy (non-hydrogen) atoms. The smallest absolute Gasteiger partial charge is 0.310 e. The van der Waals surface area contributed by atoms with Crippen molar-refractivity contribution in [1.29, 1.82) is 0 Å². The Balaban J connectivity index is 1.90. The Morgan fingerprint density at radius 3 is 2.82 bits per heavy atom. The van der Waals surface area contributed by atoms with Crippen molar-refractivity contribution < 1.29 is 14.3 Å². The molecule has 0 aliphatic carbocycles. The minimum absolute atomic E-state index is 0.0606. The van der Waals surface area contributed by atoms with Crippen LogP contribution in [0.2, 0.25) is 0 Å². The molecule has 5 nitrogen and oxygen atoms in total. The SMILES string of the molecule is [C-]#[N+]CCOc1ccc(C[C@@H]2CNC[C@@H]2C(=O)OCC)cc1. The molecule has 1 aliphatic heterocycles. The lowest BCUT2D eigenvalue weighted by Crippen LogP contribution is -2.26. The van der Waals surface area contributed by atoms with Gasteiger partial charge in [0.15, 0.2) is 6.61 Å². The zero-order valence-electron chi connectivity index (χ0n) is 12.9. The van der Waals surface area contributed by atoms with E-state index in [0.29, 0.717) is 26.3 Å². The van der Waals surface area contributed by atoms with Gasteiger partial charge in [-0.15, -0.1) is 0 Å². The van der Waals surface area contributed by atoms with Crippen LogP contribution < -0.4 is 10.1 Å². The normalized spacial score (nSPS) is 20.4. The van der Waals surface area contributed by atoms with E-state index in [9.17, 15) is 4.79 Å². The van der Waals surface area contributed by atoms with E-state index in [2.05, 4.69) is 10.2 Å². The van der Waals surface area contributed by atoms with E-state index in [4.69, 9.17) is 16.0 Å². The maximum atomic E-state index is 11.9. The van der Waals surface area contributed by atoms with Crippen LogP contribution in [0.25, 0.3) is 4.85 Å². The van der Waals surface area contributed by atoms with Crippen molar-refractivity contribution in [3.05, 3.63) is 41.2 Å². The molecule has 1 heterocycles. The second-order valence-corrected chi connectivity index (χ2v) is 5.36. The van der Waals surface area contributed by atoms with Crippen molar-refractivity contribution in [2.24, 2.45) is 11.8 Å². The highest BCUT2D eigenvalue weighted by Gasteiger charge is 2.33. The van der Waals surface area contributed by atoms with Gasteiger partial charge in [-0.1, -0.05) is 12.1 Å². The lowest BCUT2D eigenvalue weighted by Gasteiger charge is -2.17. The first kappa shape index (κ1) is 16.3. The summed E-state index contributed by atoms with van der Waals surface area (Å²) in [5.41, 5.74) is 1.18. The van der Waals surface area contributed by atoms with Crippen molar-refractivity contribution in [3.8, 4) is 5.75 Å². The maximum Gasteiger partial charge on any atom is 0.310 e. The molecule has 1 N–H and O–H groups in total. The van der Waals surface area contributed by atoms with Crippen LogP contribution in [0.1, 0.15) is 12.5 Å². The molecule has 0 amide bonds. The molecule has 1 fully saturated rings. The molecule has 1 aliphatic rings. The van der Waals surface area contributed by atoms with Gasteiger partial charge < -0.3 is 19.6 Å². The van der Waals surface area contributed by atoms with E-state index in [1.807, 2.05) is 31.2 Å². The largest absolute Gasteiger partial charge is 0.486 e. The van der Waals surface area contributed by atoms with Crippen LogP contribution in [0, 0.1) is 18.4 Å². The highest BCUT2D eigenvalue weighted by atomic mass is 16.5. The summed E-state index contributed by atoms with van der Waals surface area (Å²) < 4.78 is 10.6. The van der Waals surface area contributed by atoms with Crippen molar-refractivity contribution in [3.63, 3.8) is 0 Å². The summed E-state index contributed by atoms with van der Waals surface area (Å²) >= 11 is 0. The average Bonchev–Trinajstić information content (AvgIpc) is 2.98. The summed E-state index contributed by atoms with van der Waals surface area (Å²) in [7, 11) is 0. The Kier molecular flexibility index (Phi) is 6.23. The van der Waals surface area contributed by atoms with Gasteiger partial charge in [-0.3, -0.25) is 4.79 Å². The molecule has 0 saturated carbocycles. The van der Waals surface area contributed by atoms with Gasteiger partial charge in [0.2, 0.25) is 6.54 Å². The number of ether oxygens (including phenoxy) is 2. The molecule has 0 radical (unpaired) electrons. The number of benzene rings is 1. The second-order valence-electron chi connectivity index (χ2n) is 5.36. The number of nitrogens with zero attached hydrogens (tertiary/aromatic N) is 1. The molecule has 0 bridgehead atoms. The number of rotatable bonds is 7. The van der Waals surface area contributed by atoms with Crippen molar-refractivity contribution >= 4 is 5.97 Å². The number of carbonyl (C=O) groups is 1. The zero-order valence-corrected chi connectivity index (χ0v) is 12.9. The average molecular weight is 302 g/mol. The highest BCUT2D eigenvalue weighted by molar-refractivity contribution is 5.73. The highest BCUT2D eigenvalue weighted by Crippen LogP contribution is 2.24. The van der Waals surface area contributed by atoms with Gasteiger partial charge in [-0.2, -0.15) is 0 Å². The Morgan fingerprint density at radius 1 is 1.36 bits per heavy atom. The van der Waals surface area contributed by atoms with Crippen LogP contribution in [-0.4, -0.2) is 38.8 Å². The van der Waals surface area contributed by atoms with E-state index >= 15 is 0 Å². The zero-order chi connectivity index (χ0) is 15.8. The molecule has 2 rings (SSSR count). The minimum atomic E-state index is -0.100. The van der Waals surface area contributed by atoms with Gasteiger partial charge in [-0.05, 0) is 43.5 Å². The van der Waals surface area contributed by atoms with Gasteiger partial charge in [0.1, 0.15) is 5.75 Å². The Labute approximate surface area is 131 Å². The third kappa shape index (κ3) is 4.47. The molecule has 118 valence electrons. The van der Waals surface area contributed by atoms with Crippen LogP contribution in [0.5, 0.6) is 5.75 Å². The maximum absolute atomic E-state index is 11.9. The first-order valence-electron chi connectivity index (χ1n) is 7.67. The third-order valence-corrected chi connectivity index (χ3v) is 3.82. The lowest BCUT2D eigenvalue weighted by atomic mass is 9.90. The molecule has 0 spiro atoms. The third-order valence-electron chi connectivity index (χ3n) is 3.82. The summed E-state index contributed by atoms with van der Waals surface area (Å²) in [6, 6.07) is 7.88. The number of carbonyl (C=O) groups excluding carboxylic acids is 1. The molecule has 2 atom stereocenters. The Bertz CT molecular complexity index is 522. The summed E-state index contributed by atoms with van der Waals surface area (Å²) in [6.45, 7) is 11.3. The van der Waals surface area contributed by atoms with E-state index in [1.165, 1.54) is 5.56 Å². The van der Waals surface area contributed by atoms with E-state index < -0.39 is 0 Å². The Hall–Kier alpha value is -2.06. The summed E-state index contributed by atoms with van der Waals surface area (Å²) in [6.07, 6.45) is 0.846. The van der Waals surface area contributed by atoms with Crippen LogP contribution in [-0.2, 0) is 16.0 Å². The van der Waals surface area contributed by atoms with Crippen LogP contribution >= 0.6 is 0 Å². The van der Waals surface area contributed by atoms with E-state index in [1.54, 1.807) is 0 Å². The van der Waals surface area contributed by atoms with E-state index in [0.717, 1.165) is 18.7 Å². The molecular weight excluding hydrogens is 280 g/mol. The minimum Gasteiger partial charge on any atom is -0.486 e. The topological polar surface area (TPSA) is 51.9 Å². The van der Waals surface area contributed by atoms with Crippen LogP contribution in [0.15, 0.2) is 24.3 Å². The molecule has 0 unspecified atom stereocenters. The van der Waals surface area contributed by atoms with E-state index in [-0.39, 0.29) is 17.8 Å². The van der Waals surface area contributed by atoms with Gasteiger partial charge in [-0.25, -0.2) is 6.57 Å². The summed E-state index contributed by atoms with van der Waals surface area (Å²) in [5, 5.41) is 3.27. The van der Waals surface area contributed by atoms with Crippen molar-refractivity contribution in [2.75, 3.05) is 32.8 Å². The predicted octanol–water partition coefficient (Wildman–Crippen LogP) is 1.93. The standard InChI is InChI=1S/C17H22N2O3/c1-3-21-17(20)16-12-19-11-14(16)10-13-4-6-15(7-5-13)22-9-8-18-2/h4-7,14,16,19H,3,8-12H2,1H3/t14-,16+/m1/s1. The summed E-state index contributed by atoms with van der Waals surface area (Å²) in [5.74, 6) is 0.887. The van der Waals surface area contributed by atoms with Gasteiger partial charge in [0.25, 0.3) is 0 Å². The van der Waals surface area contributed by atoms with Crippen LogP contribution in [0.4, 0.5) is 0 Å². The van der Waals surface area contributed by atoms with Crippen molar-refractivity contribution in [2.45, 2.75) is 13.3 Å². The van der Waals surface area contributed by atoms with Gasteiger partial charge in [0, 0.05) is 6.54 Å². The van der Waals surface area contributed by atoms with Crippen molar-refractivity contribution in [1.82, 2.24) is 5.32 Å². The first-order chi connectivity index (χ1) is 10.7. The molecular formula is C17H22N2O3. The number of hydrogen-bond donors (Lipinski definition) is 1. The molecule has 1 aromatic rings. The molecule has 0 aromatic heterocycles. The van der Waals surface area contributed by atoms with Gasteiger partial charge >= 0.3 is 5.97 Å². The Morgan fingerprint density at radius 2 is 2.14 bits per heavy atom. The fourth-order valence-corrected chi connectivity index (χ4v) is 2.71. The lowest BCUT2D eigenvalue weighted by molar-refractivity contribution is -0.148. The first-order valence-corrected chi connectivity index (χ1v) is 7.67. The monoisotopic (exact) mass is 302 g/mol. The number of nitrogens with one attached hydrogen (secondary N) is 1. The fraction of sp³-hybridized carbons (Fsp3) is 0.529. The predicted molar refractivity (Wildman–Crippen MR) is 83.6 cm³/mol. The molecule has 5 heteroatoms. The molecule has 1 saturated heterocycles. The van der Waals surface area contributed by atoms with Gasteiger partial charge in [0.05, 0.1) is 12.5 Å². The molecule has 1 aromatic carbocycles.